The molecule has 1 aliphatic rings. The quantitative estimate of drug-likeness (QED) is 0.390. The Morgan fingerprint density at radius 1 is 1.30 bits per heavy atom. The third-order valence-corrected chi connectivity index (χ3v) is 5.92. The molecule has 27 heavy (non-hydrogen) atoms. The van der Waals surface area contributed by atoms with Crippen LogP contribution in [0.3, 0.4) is 0 Å². The second kappa shape index (κ2) is 7.90. The van der Waals surface area contributed by atoms with Crippen LogP contribution in [0.25, 0.3) is 11.6 Å². The van der Waals surface area contributed by atoms with Gasteiger partial charge in [-0.15, -0.1) is 0 Å². The summed E-state index contributed by atoms with van der Waals surface area (Å²) in [6.45, 7) is 10.3. The molecule has 3 rings (SSSR count). The number of anilines is 1. The molecule has 0 aromatic heterocycles. The van der Waals surface area contributed by atoms with Gasteiger partial charge in [0.05, 0.1) is 11.6 Å². The maximum absolute atomic E-state index is 9.66. The monoisotopic (exact) mass is 422 g/mol. The molecule has 1 atom stereocenters. The van der Waals surface area contributed by atoms with Crippen LogP contribution in [-0.4, -0.2) is 12.1 Å². The molecule has 1 aliphatic heterocycles. The SMILES string of the molecule is CCCN1c2ccc(/C=C(\C#N)c3cccc(Br)c3)cc2C(C)CC1(C)C. The molecule has 2 aromatic rings. The first-order chi connectivity index (χ1) is 12.9. The average Bonchev–Trinajstić information content (AvgIpc) is 2.63. The van der Waals surface area contributed by atoms with Gasteiger partial charge in [0.15, 0.2) is 0 Å². The van der Waals surface area contributed by atoms with E-state index >= 15 is 0 Å². The summed E-state index contributed by atoms with van der Waals surface area (Å²) >= 11 is 3.49. The lowest BCUT2D eigenvalue weighted by atomic mass is 9.79. The first kappa shape index (κ1) is 19.7. The van der Waals surface area contributed by atoms with Gasteiger partial charge in [-0.1, -0.05) is 48.0 Å². The molecular weight excluding hydrogens is 396 g/mol. The van der Waals surface area contributed by atoms with Gasteiger partial charge in [0, 0.05) is 22.2 Å². The predicted molar refractivity (Wildman–Crippen MR) is 119 cm³/mol. The van der Waals surface area contributed by atoms with Crippen LogP contribution >= 0.6 is 15.9 Å². The molecule has 0 spiro atoms. The lowest BCUT2D eigenvalue weighted by Crippen LogP contribution is -2.48. The highest BCUT2D eigenvalue weighted by Crippen LogP contribution is 2.43. The Balaban J connectivity index is 2.03. The third kappa shape index (κ3) is 4.12. The Labute approximate surface area is 171 Å². The zero-order valence-corrected chi connectivity index (χ0v) is 18.2. The van der Waals surface area contributed by atoms with Gasteiger partial charge in [-0.25, -0.2) is 0 Å². The standard InChI is InChI=1S/C24H27BrN2/c1-5-11-27-23-10-9-18(13-22(23)17(2)15-24(27,3)4)12-20(16-26)19-7-6-8-21(25)14-19/h6-10,12-14,17H,5,11,15H2,1-4H3/b20-12+. The van der Waals surface area contributed by atoms with Crippen LogP contribution in [0.2, 0.25) is 0 Å². The molecule has 2 nitrogen and oxygen atoms in total. The summed E-state index contributed by atoms with van der Waals surface area (Å²) in [5.74, 6) is 0.507. The van der Waals surface area contributed by atoms with Crippen molar-refractivity contribution in [3.8, 4) is 6.07 Å². The van der Waals surface area contributed by atoms with Gasteiger partial charge in [0.1, 0.15) is 0 Å². The van der Waals surface area contributed by atoms with E-state index in [1.807, 2.05) is 30.3 Å². The van der Waals surface area contributed by atoms with Crippen molar-refractivity contribution in [1.82, 2.24) is 0 Å². The topological polar surface area (TPSA) is 27.0 Å². The van der Waals surface area contributed by atoms with Crippen LogP contribution in [0.5, 0.6) is 0 Å². The number of nitrogens with zero attached hydrogens (tertiary/aromatic N) is 2. The summed E-state index contributed by atoms with van der Waals surface area (Å²) in [4.78, 5) is 2.55. The van der Waals surface area contributed by atoms with E-state index in [4.69, 9.17) is 0 Å². The fraction of sp³-hybridized carbons (Fsp3) is 0.375. The van der Waals surface area contributed by atoms with Gasteiger partial charge in [-0.3, -0.25) is 0 Å². The van der Waals surface area contributed by atoms with Crippen molar-refractivity contribution in [2.24, 2.45) is 0 Å². The predicted octanol–water partition coefficient (Wildman–Crippen LogP) is 7.02. The Hall–Kier alpha value is -2.05. The number of fused-ring (bicyclic) bond motifs is 1. The molecule has 0 N–H and O–H groups in total. The lowest BCUT2D eigenvalue weighted by Gasteiger charge is -2.47. The van der Waals surface area contributed by atoms with Crippen LogP contribution in [0, 0.1) is 11.3 Å². The third-order valence-electron chi connectivity index (χ3n) is 5.42. The van der Waals surface area contributed by atoms with Crippen LogP contribution in [0.4, 0.5) is 5.69 Å². The van der Waals surface area contributed by atoms with E-state index in [1.165, 1.54) is 11.3 Å². The van der Waals surface area contributed by atoms with Gasteiger partial charge in [0.2, 0.25) is 0 Å². The Bertz CT molecular complexity index is 905. The first-order valence-corrected chi connectivity index (χ1v) is 10.4. The molecule has 2 aromatic carbocycles. The van der Waals surface area contributed by atoms with Crippen molar-refractivity contribution in [3.05, 3.63) is 63.6 Å². The molecule has 0 fully saturated rings. The smallest absolute Gasteiger partial charge is 0.0998 e. The van der Waals surface area contributed by atoms with E-state index in [2.05, 4.69) is 72.8 Å². The van der Waals surface area contributed by atoms with Crippen LogP contribution in [0.15, 0.2) is 46.9 Å². The summed E-state index contributed by atoms with van der Waals surface area (Å²) < 4.78 is 0.984. The molecule has 140 valence electrons. The first-order valence-electron chi connectivity index (χ1n) is 9.65. The molecule has 0 saturated carbocycles. The molecule has 0 amide bonds. The number of rotatable bonds is 4. The number of hydrogen-bond acceptors (Lipinski definition) is 2. The van der Waals surface area contributed by atoms with Crippen molar-refractivity contribution in [2.75, 3.05) is 11.4 Å². The van der Waals surface area contributed by atoms with Gasteiger partial charge in [-0.05, 0) is 79.6 Å². The zero-order chi connectivity index (χ0) is 19.6. The Kier molecular flexibility index (Phi) is 5.77. The summed E-state index contributed by atoms with van der Waals surface area (Å²) in [6.07, 6.45) is 4.28. The number of nitriles is 1. The summed E-state index contributed by atoms with van der Waals surface area (Å²) in [5.41, 5.74) is 5.63. The van der Waals surface area contributed by atoms with Crippen molar-refractivity contribution >= 4 is 33.3 Å². The number of benzene rings is 2. The van der Waals surface area contributed by atoms with Gasteiger partial charge >= 0.3 is 0 Å². The fourth-order valence-corrected chi connectivity index (χ4v) is 4.65. The molecule has 3 heteroatoms. The van der Waals surface area contributed by atoms with Crippen molar-refractivity contribution < 1.29 is 0 Å². The Morgan fingerprint density at radius 3 is 2.74 bits per heavy atom. The maximum atomic E-state index is 9.66. The van der Waals surface area contributed by atoms with Gasteiger partial charge in [-0.2, -0.15) is 5.26 Å². The number of halogens is 1. The summed E-state index contributed by atoms with van der Waals surface area (Å²) in [5, 5.41) is 9.66. The minimum atomic E-state index is 0.175. The minimum Gasteiger partial charge on any atom is -0.366 e. The fourth-order valence-electron chi connectivity index (χ4n) is 4.25. The van der Waals surface area contributed by atoms with Crippen LogP contribution in [0.1, 0.15) is 63.1 Å². The van der Waals surface area contributed by atoms with E-state index in [-0.39, 0.29) is 5.54 Å². The second-order valence-corrected chi connectivity index (χ2v) is 8.98. The molecule has 1 heterocycles. The largest absolute Gasteiger partial charge is 0.366 e. The summed E-state index contributed by atoms with van der Waals surface area (Å²) in [7, 11) is 0. The van der Waals surface area contributed by atoms with E-state index < -0.39 is 0 Å². The van der Waals surface area contributed by atoms with E-state index in [0.29, 0.717) is 11.5 Å². The van der Waals surface area contributed by atoms with E-state index in [1.54, 1.807) is 0 Å². The zero-order valence-electron chi connectivity index (χ0n) is 16.6. The normalized spacial score (nSPS) is 18.7. The molecule has 0 bridgehead atoms. The summed E-state index contributed by atoms with van der Waals surface area (Å²) in [6, 6.07) is 16.9. The lowest BCUT2D eigenvalue weighted by molar-refractivity contribution is 0.376. The Morgan fingerprint density at radius 2 is 2.07 bits per heavy atom. The average molecular weight is 423 g/mol. The van der Waals surface area contributed by atoms with Gasteiger partial charge in [0.25, 0.3) is 0 Å². The molecule has 0 aliphatic carbocycles. The number of hydrogen-bond donors (Lipinski definition) is 0. The maximum Gasteiger partial charge on any atom is 0.0998 e. The van der Waals surface area contributed by atoms with Crippen molar-refractivity contribution in [2.45, 2.75) is 52.0 Å². The second-order valence-electron chi connectivity index (χ2n) is 8.07. The van der Waals surface area contributed by atoms with Gasteiger partial charge < -0.3 is 4.90 Å². The molecule has 1 unspecified atom stereocenters. The van der Waals surface area contributed by atoms with Crippen molar-refractivity contribution in [1.29, 1.82) is 5.26 Å². The van der Waals surface area contributed by atoms with Crippen molar-refractivity contribution in [3.63, 3.8) is 0 Å². The highest BCUT2D eigenvalue weighted by atomic mass is 79.9. The minimum absolute atomic E-state index is 0.175. The van der Waals surface area contributed by atoms with Crippen LogP contribution in [-0.2, 0) is 0 Å². The van der Waals surface area contributed by atoms with Crippen LogP contribution < -0.4 is 4.90 Å². The number of allylic oxidation sites excluding steroid dienone is 1. The highest BCUT2D eigenvalue weighted by molar-refractivity contribution is 9.10. The molecular formula is C24H27BrN2. The van der Waals surface area contributed by atoms with E-state index in [9.17, 15) is 5.26 Å². The van der Waals surface area contributed by atoms with E-state index in [0.717, 1.165) is 35.0 Å². The highest BCUT2D eigenvalue weighted by Gasteiger charge is 2.35. The molecule has 0 radical (unpaired) electrons. The molecule has 0 saturated heterocycles.